The summed E-state index contributed by atoms with van der Waals surface area (Å²) < 4.78 is 29.0. The van der Waals surface area contributed by atoms with Crippen LogP contribution < -0.4 is 9.47 Å². The molecule has 2 saturated heterocycles. The lowest BCUT2D eigenvalue weighted by atomic mass is 9.88. The Morgan fingerprint density at radius 2 is 1.64 bits per heavy atom. The van der Waals surface area contributed by atoms with Crippen LogP contribution in [0, 0.1) is 13.8 Å². The fraction of sp³-hybridized carbons (Fsp3) is 0.478. The smallest absolute Gasteiger partial charge is 0.131 e. The highest BCUT2D eigenvalue weighted by atomic mass is 16.6. The molecule has 0 bridgehead atoms. The van der Waals surface area contributed by atoms with Crippen LogP contribution in [0.2, 0.25) is 0 Å². The maximum absolute atomic E-state index is 6.36. The van der Waals surface area contributed by atoms with Gasteiger partial charge >= 0.3 is 0 Å². The summed E-state index contributed by atoms with van der Waals surface area (Å²) in [5.41, 5.74) is 4.79. The van der Waals surface area contributed by atoms with Gasteiger partial charge in [0.15, 0.2) is 0 Å². The molecule has 2 aromatic carbocycles. The van der Waals surface area contributed by atoms with Gasteiger partial charge in [-0.2, -0.15) is 0 Å². The van der Waals surface area contributed by atoms with Gasteiger partial charge in [0.2, 0.25) is 0 Å². The van der Waals surface area contributed by atoms with E-state index in [4.69, 9.17) is 23.7 Å². The lowest BCUT2D eigenvalue weighted by molar-refractivity contribution is 0.252. The van der Waals surface area contributed by atoms with E-state index in [0.717, 1.165) is 47.7 Å². The fourth-order valence-corrected chi connectivity index (χ4v) is 4.06. The first-order chi connectivity index (χ1) is 13.6. The summed E-state index contributed by atoms with van der Waals surface area (Å²) in [5.74, 6) is 2.89. The van der Waals surface area contributed by atoms with Gasteiger partial charge in [0.05, 0.1) is 26.1 Å². The summed E-state index contributed by atoms with van der Waals surface area (Å²) in [6.45, 7) is 7.01. The van der Waals surface area contributed by atoms with Gasteiger partial charge in [0, 0.05) is 28.3 Å². The second-order valence-corrected chi connectivity index (χ2v) is 7.91. The molecular weight excluding hydrogens is 356 g/mol. The minimum absolute atomic E-state index is 0.209. The lowest BCUT2D eigenvalue weighted by Crippen LogP contribution is -2.15. The van der Waals surface area contributed by atoms with E-state index >= 15 is 0 Å². The molecule has 2 unspecified atom stereocenters. The van der Waals surface area contributed by atoms with Gasteiger partial charge in [-0.05, 0) is 38.0 Å². The third kappa shape index (κ3) is 3.33. The molecular formula is C23H26O5. The highest BCUT2D eigenvalue weighted by Gasteiger charge is 2.30. The standard InChI is InChI=1S/C23H26O5/c1-13-6-14(2)21-20(7-13)22(27-11-16-9-25-16)18-5-4-15(24-3)8-19(18)23(21)28-12-17-10-26-17/h4,6-7,16-17H,5,8-12H2,1-3H3. The SMILES string of the molecule is COC1=CCc2c(c(OCC3CO3)c3c(C)cc(C)cc3c2OCC2CO2)C1. The highest BCUT2D eigenvalue weighted by Crippen LogP contribution is 2.46. The minimum Gasteiger partial charge on any atom is -0.501 e. The summed E-state index contributed by atoms with van der Waals surface area (Å²) in [4.78, 5) is 0. The summed E-state index contributed by atoms with van der Waals surface area (Å²) in [6, 6.07) is 4.42. The van der Waals surface area contributed by atoms with E-state index < -0.39 is 0 Å². The quantitative estimate of drug-likeness (QED) is 0.685. The number of benzene rings is 2. The Bertz CT molecular complexity index is 954. The number of hydrogen-bond acceptors (Lipinski definition) is 5. The monoisotopic (exact) mass is 382 g/mol. The van der Waals surface area contributed by atoms with Crippen molar-refractivity contribution in [2.75, 3.05) is 33.5 Å². The van der Waals surface area contributed by atoms with Crippen molar-refractivity contribution in [2.45, 2.75) is 38.9 Å². The van der Waals surface area contributed by atoms with Crippen molar-refractivity contribution in [2.24, 2.45) is 0 Å². The molecule has 0 aromatic heterocycles. The fourth-order valence-electron chi connectivity index (χ4n) is 4.06. The first kappa shape index (κ1) is 17.8. The Labute approximate surface area is 165 Å². The van der Waals surface area contributed by atoms with Crippen molar-refractivity contribution in [3.8, 4) is 11.5 Å². The van der Waals surface area contributed by atoms with Crippen molar-refractivity contribution in [1.82, 2.24) is 0 Å². The van der Waals surface area contributed by atoms with Crippen LogP contribution in [0.1, 0.15) is 22.3 Å². The average molecular weight is 382 g/mol. The van der Waals surface area contributed by atoms with Crippen LogP contribution in [0.3, 0.4) is 0 Å². The number of ether oxygens (including phenoxy) is 5. The molecule has 2 aliphatic heterocycles. The van der Waals surface area contributed by atoms with E-state index in [2.05, 4.69) is 32.1 Å². The van der Waals surface area contributed by atoms with E-state index in [1.165, 1.54) is 22.3 Å². The van der Waals surface area contributed by atoms with Crippen LogP contribution in [0.4, 0.5) is 0 Å². The van der Waals surface area contributed by atoms with Gasteiger partial charge in [0.1, 0.15) is 36.9 Å². The molecule has 0 saturated carbocycles. The molecule has 5 heteroatoms. The van der Waals surface area contributed by atoms with Crippen molar-refractivity contribution >= 4 is 10.8 Å². The van der Waals surface area contributed by atoms with Crippen molar-refractivity contribution < 1.29 is 23.7 Å². The Morgan fingerprint density at radius 1 is 0.964 bits per heavy atom. The molecule has 5 rings (SSSR count). The molecule has 1 aliphatic carbocycles. The molecule has 2 aromatic rings. The van der Waals surface area contributed by atoms with Crippen LogP contribution in [0.15, 0.2) is 24.0 Å². The first-order valence-electron chi connectivity index (χ1n) is 9.94. The van der Waals surface area contributed by atoms with Crippen LogP contribution in [-0.2, 0) is 27.1 Å². The normalized spacial score (nSPS) is 22.5. The molecule has 0 N–H and O–H groups in total. The van der Waals surface area contributed by atoms with E-state index in [0.29, 0.717) is 19.6 Å². The van der Waals surface area contributed by atoms with Crippen LogP contribution in [0.5, 0.6) is 11.5 Å². The Hall–Kier alpha value is -2.24. The summed E-state index contributed by atoms with van der Waals surface area (Å²) >= 11 is 0. The zero-order valence-corrected chi connectivity index (χ0v) is 16.7. The average Bonchev–Trinajstić information content (AvgIpc) is 3.59. The zero-order valence-electron chi connectivity index (χ0n) is 16.7. The number of hydrogen-bond donors (Lipinski definition) is 0. The predicted molar refractivity (Wildman–Crippen MR) is 106 cm³/mol. The molecule has 0 spiro atoms. The van der Waals surface area contributed by atoms with E-state index in [-0.39, 0.29) is 12.2 Å². The molecule has 5 nitrogen and oxygen atoms in total. The summed E-state index contributed by atoms with van der Waals surface area (Å²) in [7, 11) is 1.73. The van der Waals surface area contributed by atoms with Gasteiger partial charge in [-0.15, -0.1) is 0 Å². The van der Waals surface area contributed by atoms with Gasteiger partial charge in [-0.3, -0.25) is 0 Å². The highest BCUT2D eigenvalue weighted by molar-refractivity contribution is 5.99. The van der Waals surface area contributed by atoms with Gasteiger partial charge in [-0.25, -0.2) is 0 Å². The number of methoxy groups -OCH3 is 1. The lowest BCUT2D eigenvalue weighted by Gasteiger charge is -2.26. The molecule has 2 atom stereocenters. The van der Waals surface area contributed by atoms with Crippen LogP contribution >= 0.6 is 0 Å². The Morgan fingerprint density at radius 3 is 2.29 bits per heavy atom. The van der Waals surface area contributed by atoms with Gasteiger partial charge in [0.25, 0.3) is 0 Å². The van der Waals surface area contributed by atoms with Gasteiger partial charge in [-0.1, -0.05) is 11.6 Å². The number of rotatable bonds is 7. The zero-order chi connectivity index (χ0) is 19.3. The second-order valence-electron chi connectivity index (χ2n) is 7.91. The molecule has 3 aliphatic rings. The van der Waals surface area contributed by atoms with E-state index in [1.807, 2.05) is 0 Å². The number of fused-ring (bicyclic) bond motifs is 2. The van der Waals surface area contributed by atoms with Crippen molar-refractivity contribution in [3.63, 3.8) is 0 Å². The van der Waals surface area contributed by atoms with Crippen LogP contribution in [0.25, 0.3) is 10.8 Å². The summed E-state index contributed by atoms with van der Waals surface area (Å²) in [6.07, 6.45) is 4.06. The molecule has 0 amide bonds. The van der Waals surface area contributed by atoms with E-state index in [9.17, 15) is 0 Å². The topological polar surface area (TPSA) is 52.8 Å². The molecule has 148 valence electrons. The van der Waals surface area contributed by atoms with Crippen molar-refractivity contribution in [3.05, 3.63) is 46.2 Å². The van der Waals surface area contributed by atoms with Crippen LogP contribution in [-0.4, -0.2) is 45.7 Å². The number of allylic oxidation sites excluding steroid dienone is 2. The maximum atomic E-state index is 6.36. The number of aryl methyl sites for hydroxylation is 2. The van der Waals surface area contributed by atoms with Gasteiger partial charge < -0.3 is 23.7 Å². The second kappa shape index (κ2) is 6.98. The maximum Gasteiger partial charge on any atom is 0.131 e. The molecule has 28 heavy (non-hydrogen) atoms. The molecule has 2 heterocycles. The Kier molecular flexibility index (Phi) is 4.44. The van der Waals surface area contributed by atoms with E-state index in [1.54, 1.807) is 7.11 Å². The molecule has 0 radical (unpaired) electrons. The minimum atomic E-state index is 0.209. The third-order valence-electron chi connectivity index (χ3n) is 5.64. The third-order valence-corrected chi connectivity index (χ3v) is 5.64. The molecule has 2 fully saturated rings. The van der Waals surface area contributed by atoms with Crippen molar-refractivity contribution in [1.29, 1.82) is 0 Å². The predicted octanol–water partition coefficient (Wildman–Crippen LogP) is 3.64. The largest absolute Gasteiger partial charge is 0.501 e. The number of epoxide rings is 2. The summed E-state index contributed by atoms with van der Waals surface area (Å²) in [5, 5.41) is 2.26. The first-order valence-corrected chi connectivity index (χ1v) is 9.94. The Balaban J connectivity index is 1.69.